The Kier molecular flexibility index (Phi) is 8.85. The lowest BCUT2D eigenvalue weighted by Gasteiger charge is -2.36. The van der Waals surface area contributed by atoms with Crippen LogP contribution in [0.5, 0.6) is 0 Å². The van der Waals surface area contributed by atoms with Crippen LogP contribution < -0.4 is 10.6 Å². The molecule has 32 heavy (non-hydrogen) atoms. The Morgan fingerprint density at radius 1 is 1.06 bits per heavy atom. The van der Waals surface area contributed by atoms with Crippen molar-refractivity contribution in [3.8, 4) is 0 Å². The molecule has 0 aliphatic carbocycles. The van der Waals surface area contributed by atoms with Gasteiger partial charge in [-0.15, -0.1) is 11.3 Å². The fraction of sp³-hybridized carbons (Fsp3) is 0.480. The molecule has 1 aromatic carbocycles. The van der Waals surface area contributed by atoms with Gasteiger partial charge in [0.2, 0.25) is 11.8 Å². The molecule has 1 saturated heterocycles. The molecule has 2 aromatic rings. The van der Waals surface area contributed by atoms with Crippen LogP contribution in [0.3, 0.4) is 0 Å². The number of carbonyl (C=O) groups is 3. The van der Waals surface area contributed by atoms with Crippen molar-refractivity contribution < 1.29 is 14.4 Å². The van der Waals surface area contributed by atoms with Crippen molar-refractivity contribution in [3.63, 3.8) is 0 Å². The number of hydrogen-bond acceptors (Lipinski definition) is 4. The number of nitrogens with zero attached hydrogens (tertiary/aromatic N) is 1. The van der Waals surface area contributed by atoms with Gasteiger partial charge in [-0.2, -0.15) is 0 Å². The standard InChI is InChI=1S/C25H33N3O3S/c1-3-18(2)26-25(31)23(27-24(30)21-10-7-17-32-21)20-13-15-28(16-14-20)22(29)12-11-19-8-5-4-6-9-19/h4-10,17-18,20,23H,3,11-16H2,1-2H3,(H,26,31)(H,27,30)/t18-,23+/m1/s1. The largest absolute Gasteiger partial charge is 0.352 e. The van der Waals surface area contributed by atoms with E-state index in [0.717, 1.165) is 18.4 Å². The zero-order valence-electron chi connectivity index (χ0n) is 18.9. The fourth-order valence-corrected chi connectivity index (χ4v) is 4.62. The molecule has 2 N–H and O–H groups in total. The van der Waals surface area contributed by atoms with Gasteiger partial charge in [0.1, 0.15) is 6.04 Å². The molecule has 0 saturated carbocycles. The summed E-state index contributed by atoms with van der Waals surface area (Å²) in [5, 5.41) is 7.83. The summed E-state index contributed by atoms with van der Waals surface area (Å²) < 4.78 is 0. The zero-order chi connectivity index (χ0) is 22.9. The average Bonchev–Trinajstić information content (AvgIpc) is 3.36. The Morgan fingerprint density at radius 3 is 2.41 bits per heavy atom. The van der Waals surface area contributed by atoms with Crippen LogP contribution in [0.2, 0.25) is 0 Å². The second kappa shape index (κ2) is 11.8. The van der Waals surface area contributed by atoms with Crippen LogP contribution in [-0.2, 0) is 16.0 Å². The van der Waals surface area contributed by atoms with Crippen molar-refractivity contribution in [1.82, 2.24) is 15.5 Å². The van der Waals surface area contributed by atoms with Gasteiger partial charge in [-0.3, -0.25) is 14.4 Å². The Balaban J connectivity index is 1.57. The molecular weight excluding hydrogens is 422 g/mol. The molecule has 3 amide bonds. The number of piperidine rings is 1. The van der Waals surface area contributed by atoms with Gasteiger partial charge in [0.15, 0.2) is 0 Å². The summed E-state index contributed by atoms with van der Waals surface area (Å²) in [5.41, 5.74) is 1.16. The van der Waals surface area contributed by atoms with E-state index < -0.39 is 6.04 Å². The summed E-state index contributed by atoms with van der Waals surface area (Å²) in [6.45, 7) is 5.20. The Bertz CT molecular complexity index is 877. The fourth-order valence-electron chi connectivity index (χ4n) is 3.99. The van der Waals surface area contributed by atoms with Gasteiger partial charge in [0.05, 0.1) is 4.88 Å². The van der Waals surface area contributed by atoms with E-state index in [1.54, 1.807) is 6.07 Å². The Hall–Kier alpha value is -2.67. The van der Waals surface area contributed by atoms with Crippen molar-refractivity contribution in [2.45, 2.75) is 58.0 Å². The highest BCUT2D eigenvalue weighted by molar-refractivity contribution is 7.12. The Morgan fingerprint density at radius 2 is 1.78 bits per heavy atom. The topological polar surface area (TPSA) is 78.5 Å². The number of nitrogens with one attached hydrogen (secondary N) is 2. The second-order valence-electron chi connectivity index (χ2n) is 8.45. The summed E-state index contributed by atoms with van der Waals surface area (Å²) in [4.78, 5) is 40.8. The lowest BCUT2D eigenvalue weighted by molar-refractivity contribution is -0.133. The van der Waals surface area contributed by atoms with E-state index in [9.17, 15) is 14.4 Å². The number of rotatable bonds is 9. The first-order valence-corrected chi connectivity index (χ1v) is 12.3. The number of hydrogen-bond donors (Lipinski definition) is 2. The number of benzene rings is 1. The summed E-state index contributed by atoms with van der Waals surface area (Å²) in [6, 6.07) is 13.1. The first kappa shape index (κ1) is 24.0. The van der Waals surface area contributed by atoms with Crippen molar-refractivity contribution in [2.24, 2.45) is 5.92 Å². The summed E-state index contributed by atoms with van der Waals surface area (Å²) in [6.07, 6.45) is 3.44. The highest BCUT2D eigenvalue weighted by atomic mass is 32.1. The average molecular weight is 456 g/mol. The van der Waals surface area contributed by atoms with E-state index in [2.05, 4.69) is 10.6 Å². The van der Waals surface area contributed by atoms with Crippen LogP contribution in [-0.4, -0.2) is 47.8 Å². The molecule has 172 valence electrons. The minimum absolute atomic E-state index is 0.00106. The van der Waals surface area contributed by atoms with E-state index in [1.165, 1.54) is 11.3 Å². The van der Waals surface area contributed by atoms with Crippen LogP contribution in [0.4, 0.5) is 0 Å². The molecule has 0 spiro atoms. The minimum atomic E-state index is -0.597. The molecular formula is C25H33N3O3S. The SMILES string of the molecule is CC[C@@H](C)NC(=O)[C@@H](NC(=O)c1cccs1)C1CCN(C(=O)CCc2ccccc2)CC1. The van der Waals surface area contributed by atoms with Crippen molar-refractivity contribution >= 4 is 29.1 Å². The quantitative estimate of drug-likeness (QED) is 0.606. The highest BCUT2D eigenvalue weighted by Crippen LogP contribution is 2.23. The molecule has 1 aliphatic rings. The van der Waals surface area contributed by atoms with Crippen LogP contribution in [0.15, 0.2) is 47.8 Å². The zero-order valence-corrected chi connectivity index (χ0v) is 19.7. The van der Waals surface area contributed by atoms with E-state index >= 15 is 0 Å². The van der Waals surface area contributed by atoms with Gasteiger partial charge in [-0.05, 0) is 55.5 Å². The molecule has 2 atom stereocenters. The van der Waals surface area contributed by atoms with Crippen molar-refractivity contribution in [1.29, 1.82) is 0 Å². The van der Waals surface area contributed by atoms with Crippen LogP contribution in [0.25, 0.3) is 0 Å². The van der Waals surface area contributed by atoms with Gasteiger partial charge < -0.3 is 15.5 Å². The molecule has 0 radical (unpaired) electrons. The number of thiophene rings is 1. The highest BCUT2D eigenvalue weighted by Gasteiger charge is 2.34. The third-order valence-corrected chi connectivity index (χ3v) is 7.02. The number of aryl methyl sites for hydroxylation is 1. The predicted molar refractivity (Wildman–Crippen MR) is 128 cm³/mol. The minimum Gasteiger partial charge on any atom is -0.352 e. The molecule has 2 heterocycles. The monoisotopic (exact) mass is 455 g/mol. The molecule has 0 unspecified atom stereocenters. The second-order valence-corrected chi connectivity index (χ2v) is 9.40. The molecule has 1 aliphatic heterocycles. The normalized spacial score (nSPS) is 16.2. The van der Waals surface area contributed by atoms with Crippen LogP contribution in [0, 0.1) is 5.92 Å². The summed E-state index contributed by atoms with van der Waals surface area (Å²) in [7, 11) is 0. The Labute approximate surface area is 194 Å². The van der Waals surface area contributed by atoms with Gasteiger partial charge in [0, 0.05) is 25.6 Å². The summed E-state index contributed by atoms with van der Waals surface area (Å²) in [5.74, 6) is -0.208. The van der Waals surface area contributed by atoms with E-state index in [-0.39, 0.29) is 29.7 Å². The lowest BCUT2D eigenvalue weighted by atomic mass is 9.88. The number of likely N-dealkylation sites (tertiary alicyclic amines) is 1. The molecule has 3 rings (SSSR count). The lowest BCUT2D eigenvalue weighted by Crippen LogP contribution is -2.55. The molecule has 1 aromatic heterocycles. The maximum atomic E-state index is 13.0. The molecule has 1 fully saturated rings. The van der Waals surface area contributed by atoms with E-state index in [4.69, 9.17) is 0 Å². The maximum Gasteiger partial charge on any atom is 0.262 e. The molecule has 7 heteroatoms. The van der Waals surface area contributed by atoms with Gasteiger partial charge in [-0.1, -0.05) is 43.3 Å². The van der Waals surface area contributed by atoms with Gasteiger partial charge in [0.25, 0.3) is 5.91 Å². The third-order valence-electron chi connectivity index (χ3n) is 6.15. The maximum absolute atomic E-state index is 13.0. The smallest absolute Gasteiger partial charge is 0.262 e. The first-order valence-electron chi connectivity index (χ1n) is 11.4. The first-order chi connectivity index (χ1) is 15.5. The number of carbonyl (C=O) groups excluding carboxylic acids is 3. The van der Waals surface area contributed by atoms with E-state index in [0.29, 0.717) is 37.2 Å². The van der Waals surface area contributed by atoms with Gasteiger partial charge >= 0.3 is 0 Å². The van der Waals surface area contributed by atoms with Crippen LogP contribution >= 0.6 is 11.3 Å². The molecule has 6 nitrogen and oxygen atoms in total. The third kappa shape index (κ3) is 6.66. The van der Waals surface area contributed by atoms with E-state index in [1.807, 2.05) is 60.5 Å². The van der Waals surface area contributed by atoms with Gasteiger partial charge in [-0.25, -0.2) is 0 Å². The van der Waals surface area contributed by atoms with Crippen LogP contribution in [0.1, 0.15) is 54.8 Å². The number of amides is 3. The van der Waals surface area contributed by atoms with Crippen molar-refractivity contribution in [2.75, 3.05) is 13.1 Å². The predicted octanol–water partition coefficient (Wildman–Crippen LogP) is 3.63. The summed E-state index contributed by atoms with van der Waals surface area (Å²) >= 11 is 1.36. The van der Waals surface area contributed by atoms with Crippen molar-refractivity contribution in [3.05, 3.63) is 58.3 Å². The molecule has 0 bridgehead atoms.